The number of carbonyl (C=O) groups is 2. The van der Waals surface area contributed by atoms with Crippen LogP contribution >= 0.6 is 11.3 Å². The average molecular weight is 454 g/mol. The van der Waals surface area contributed by atoms with Gasteiger partial charge < -0.3 is 21.1 Å². The number of thiophene rings is 1. The highest BCUT2D eigenvalue weighted by Crippen LogP contribution is 2.38. The lowest BCUT2D eigenvalue weighted by molar-refractivity contribution is -0.0187. The smallest absolute Gasteiger partial charge is 0.405 e. The first-order valence-electron chi connectivity index (χ1n) is 10.6. The molecule has 3 aromatic rings. The third kappa shape index (κ3) is 4.31. The van der Waals surface area contributed by atoms with Crippen LogP contribution in [0.15, 0.2) is 36.0 Å². The van der Waals surface area contributed by atoms with Gasteiger partial charge in [0.1, 0.15) is 5.69 Å². The molecule has 1 fully saturated rings. The predicted octanol–water partition coefficient (Wildman–Crippen LogP) is 3.99. The van der Waals surface area contributed by atoms with Gasteiger partial charge in [0.05, 0.1) is 22.1 Å². The molecule has 0 unspecified atom stereocenters. The molecule has 168 valence electrons. The molecule has 4 N–H and O–H groups in total. The number of primary amides is 1. The van der Waals surface area contributed by atoms with E-state index in [1.807, 2.05) is 6.07 Å². The molecule has 0 aliphatic carbocycles. The Bertz CT molecular complexity index is 1160. The van der Waals surface area contributed by atoms with Crippen molar-refractivity contribution in [3.8, 4) is 0 Å². The van der Waals surface area contributed by atoms with Crippen LogP contribution in [0.2, 0.25) is 0 Å². The van der Waals surface area contributed by atoms with E-state index in [4.69, 9.17) is 10.5 Å². The van der Waals surface area contributed by atoms with Crippen molar-refractivity contribution in [3.05, 3.63) is 52.8 Å². The van der Waals surface area contributed by atoms with E-state index >= 15 is 0 Å². The molecule has 0 saturated carbocycles. The van der Waals surface area contributed by atoms with Crippen molar-refractivity contribution in [3.63, 3.8) is 0 Å². The Balaban J connectivity index is 1.68. The molecule has 0 radical (unpaired) electrons. The summed E-state index contributed by atoms with van der Waals surface area (Å²) in [5.41, 5.74) is 7.82. The number of carbonyl (C=O) groups excluding carboxylic acids is 2. The summed E-state index contributed by atoms with van der Waals surface area (Å²) >= 11 is 1.62. The van der Waals surface area contributed by atoms with Crippen LogP contribution in [0.4, 0.5) is 10.5 Å². The number of hydrogen-bond acceptors (Lipinski definition) is 7. The molecule has 0 bridgehead atoms. The van der Waals surface area contributed by atoms with Crippen LogP contribution < -0.4 is 16.4 Å². The first kappa shape index (κ1) is 22.2. The molecule has 1 aliphatic heterocycles. The lowest BCUT2D eigenvalue weighted by Gasteiger charge is -2.40. The van der Waals surface area contributed by atoms with Gasteiger partial charge in [-0.15, -0.1) is 11.3 Å². The van der Waals surface area contributed by atoms with E-state index < -0.39 is 11.7 Å². The second-order valence-electron chi connectivity index (χ2n) is 8.62. The van der Waals surface area contributed by atoms with Crippen molar-refractivity contribution < 1.29 is 14.3 Å². The Morgan fingerprint density at radius 3 is 2.88 bits per heavy atom. The molecule has 8 nitrogen and oxygen atoms in total. The van der Waals surface area contributed by atoms with E-state index in [-0.39, 0.29) is 11.8 Å². The largest absolute Gasteiger partial charge is 0.437 e. The number of hydrogen-bond donors (Lipinski definition) is 3. The van der Waals surface area contributed by atoms with E-state index in [0.29, 0.717) is 35.8 Å². The molecular formula is C23H27N5O3S. The van der Waals surface area contributed by atoms with Crippen molar-refractivity contribution in [2.45, 2.75) is 38.7 Å². The van der Waals surface area contributed by atoms with E-state index in [2.05, 4.69) is 46.8 Å². The number of pyridine rings is 2. The lowest BCUT2D eigenvalue weighted by Crippen LogP contribution is -2.50. The number of nitrogens with zero attached hydrogens (tertiary/aromatic N) is 2. The van der Waals surface area contributed by atoms with Gasteiger partial charge in [0, 0.05) is 18.3 Å². The van der Waals surface area contributed by atoms with Gasteiger partial charge in [-0.2, -0.15) is 0 Å². The highest BCUT2D eigenvalue weighted by molar-refractivity contribution is 7.17. The molecular weight excluding hydrogens is 426 g/mol. The number of anilines is 1. The van der Waals surface area contributed by atoms with Gasteiger partial charge in [0.25, 0.3) is 5.91 Å². The zero-order chi connectivity index (χ0) is 22.9. The Morgan fingerprint density at radius 1 is 1.34 bits per heavy atom. The Hall–Kier alpha value is -3.04. The minimum atomic E-state index is -0.995. The van der Waals surface area contributed by atoms with Crippen LogP contribution in [0.3, 0.4) is 0 Å². The Labute approximate surface area is 190 Å². The zero-order valence-electron chi connectivity index (χ0n) is 18.3. The third-order valence-electron chi connectivity index (χ3n) is 5.74. The SMILES string of the molecule is CC(C)c1csc2ccc(C(=O)Nc3cnccc3[C@]3(OC(N)=O)CNC[C@H](C)C3)nc12. The van der Waals surface area contributed by atoms with E-state index in [1.165, 1.54) is 0 Å². The quantitative estimate of drug-likeness (QED) is 0.537. The molecule has 4 heterocycles. The molecule has 3 aromatic heterocycles. The predicted molar refractivity (Wildman–Crippen MR) is 125 cm³/mol. The van der Waals surface area contributed by atoms with E-state index in [9.17, 15) is 9.59 Å². The number of fused-ring (bicyclic) bond motifs is 1. The average Bonchev–Trinajstić information content (AvgIpc) is 3.17. The molecule has 2 amide bonds. The number of rotatable bonds is 5. The van der Waals surface area contributed by atoms with Gasteiger partial charge in [-0.1, -0.05) is 20.8 Å². The van der Waals surface area contributed by atoms with Crippen LogP contribution in [0.1, 0.15) is 54.7 Å². The van der Waals surface area contributed by atoms with Gasteiger partial charge in [0.2, 0.25) is 0 Å². The second-order valence-corrected chi connectivity index (χ2v) is 9.53. The van der Waals surface area contributed by atoms with Gasteiger partial charge >= 0.3 is 6.09 Å². The molecule has 0 aromatic carbocycles. The van der Waals surface area contributed by atoms with Crippen LogP contribution in [0, 0.1) is 5.92 Å². The van der Waals surface area contributed by atoms with Gasteiger partial charge in [-0.25, -0.2) is 9.78 Å². The van der Waals surface area contributed by atoms with Gasteiger partial charge in [-0.3, -0.25) is 9.78 Å². The standard InChI is InChI=1S/C23H27N5O3S/c1-13(2)15-11-32-19-5-4-17(27-20(15)19)21(29)28-18-10-25-7-6-16(18)23(31-22(24)30)8-14(3)9-26-12-23/h4-7,10-11,13-14,26H,8-9,12H2,1-3H3,(H2,24,30)(H,28,29)/t14-,23-/m1/s1. The molecule has 32 heavy (non-hydrogen) atoms. The summed E-state index contributed by atoms with van der Waals surface area (Å²) in [6, 6.07) is 5.39. The molecule has 2 atom stereocenters. The fourth-order valence-electron chi connectivity index (χ4n) is 4.30. The monoisotopic (exact) mass is 453 g/mol. The number of piperidine rings is 1. The van der Waals surface area contributed by atoms with Crippen molar-refractivity contribution >= 4 is 39.2 Å². The summed E-state index contributed by atoms with van der Waals surface area (Å²) in [7, 11) is 0. The molecule has 1 aliphatic rings. The first-order chi connectivity index (χ1) is 15.3. The molecule has 4 rings (SSSR count). The normalized spacial score (nSPS) is 20.9. The summed E-state index contributed by atoms with van der Waals surface area (Å²) in [5.74, 6) is 0.205. The van der Waals surface area contributed by atoms with Crippen molar-refractivity contribution in [1.82, 2.24) is 15.3 Å². The minimum Gasteiger partial charge on any atom is -0.437 e. The summed E-state index contributed by atoms with van der Waals surface area (Å²) in [6.45, 7) is 7.48. The van der Waals surface area contributed by atoms with Crippen LogP contribution in [0.25, 0.3) is 10.2 Å². The second kappa shape index (κ2) is 8.84. The fourth-order valence-corrected chi connectivity index (χ4v) is 5.36. The summed E-state index contributed by atoms with van der Waals surface area (Å²) in [6.07, 6.45) is 2.88. The highest BCUT2D eigenvalue weighted by atomic mass is 32.1. The van der Waals surface area contributed by atoms with Crippen LogP contribution in [-0.2, 0) is 10.3 Å². The number of amides is 2. The third-order valence-corrected chi connectivity index (χ3v) is 6.69. The number of aromatic nitrogens is 2. The van der Waals surface area contributed by atoms with Crippen LogP contribution in [0.5, 0.6) is 0 Å². The topological polar surface area (TPSA) is 119 Å². The molecule has 9 heteroatoms. The lowest BCUT2D eigenvalue weighted by atomic mass is 9.81. The number of ether oxygens (including phenoxy) is 1. The fraction of sp³-hybridized carbons (Fsp3) is 0.391. The Morgan fingerprint density at radius 2 is 2.16 bits per heavy atom. The van der Waals surface area contributed by atoms with E-state index in [0.717, 1.165) is 22.3 Å². The summed E-state index contributed by atoms with van der Waals surface area (Å²) in [4.78, 5) is 33.7. The van der Waals surface area contributed by atoms with Gasteiger partial charge in [0.15, 0.2) is 5.60 Å². The van der Waals surface area contributed by atoms with Crippen LogP contribution in [-0.4, -0.2) is 35.1 Å². The number of nitrogens with two attached hydrogens (primary N) is 1. The number of nitrogens with one attached hydrogen (secondary N) is 2. The molecule has 0 spiro atoms. The maximum Gasteiger partial charge on any atom is 0.405 e. The van der Waals surface area contributed by atoms with E-state index in [1.54, 1.807) is 35.9 Å². The van der Waals surface area contributed by atoms with Crippen molar-refractivity contribution in [2.75, 3.05) is 18.4 Å². The van der Waals surface area contributed by atoms with Crippen molar-refractivity contribution in [1.29, 1.82) is 0 Å². The first-order valence-corrected chi connectivity index (χ1v) is 11.5. The maximum absolute atomic E-state index is 13.1. The minimum absolute atomic E-state index is 0.247. The Kier molecular flexibility index (Phi) is 6.12. The maximum atomic E-state index is 13.1. The summed E-state index contributed by atoms with van der Waals surface area (Å²) < 4.78 is 6.68. The van der Waals surface area contributed by atoms with Crippen molar-refractivity contribution in [2.24, 2.45) is 11.7 Å². The van der Waals surface area contributed by atoms with Gasteiger partial charge in [-0.05, 0) is 53.9 Å². The highest BCUT2D eigenvalue weighted by Gasteiger charge is 2.42. The molecule has 1 saturated heterocycles. The zero-order valence-corrected chi connectivity index (χ0v) is 19.2. The summed E-state index contributed by atoms with van der Waals surface area (Å²) in [5, 5.41) is 8.31.